The van der Waals surface area contributed by atoms with Crippen molar-refractivity contribution in [2.24, 2.45) is 0 Å². The zero-order chi connectivity index (χ0) is 11.8. The maximum atomic E-state index is 8.61. The van der Waals surface area contributed by atoms with Crippen LogP contribution in [0.1, 0.15) is 6.42 Å². The van der Waals surface area contributed by atoms with Gasteiger partial charge in [0.15, 0.2) is 0 Å². The minimum atomic E-state index is 0.266. The van der Waals surface area contributed by atoms with Gasteiger partial charge in [0.05, 0.1) is 16.4 Å². The van der Waals surface area contributed by atoms with E-state index in [9.17, 15) is 0 Å². The number of nitrogens with one attached hydrogen (secondary N) is 1. The van der Waals surface area contributed by atoms with Crippen molar-refractivity contribution in [2.75, 3.05) is 35.7 Å². The highest BCUT2D eigenvalue weighted by molar-refractivity contribution is 7.99. The van der Waals surface area contributed by atoms with Crippen molar-refractivity contribution in [3.05, 3.63) is 23.2 Å². The van der Waals surface area contributed by atoms with Crippen LogP contribution in [-0.4, -0.2) is 29.8 Å². The Hall–Kier alpha value is -0.580. The van der Waals surface area contributed by atoms with Crippen LogP contribution >= 0.6 is 23.4 Å². The highest BCUT2D eigenvalue weighted by Crippen LogP contribution is 2.26. The molecule has 0 radical (unpaired) electrons. The molecule has 5 heteroatoms. The summed E-state index contributed by atoms with van der Waals surface area (Å²) in [4.78, 5) is 0. The molecule has 90 valence electrons. The van der Waals surface area contributed by atoms with Crippen molar-refractivity contribution in [2.45, 2.75) is 6.42 Å². The quantitative estimate of drug-likeness (QED) is 0.521. The second-order valence-corrected chi connectivity index (χ2v) is 4.95. The minimum Gasteiger partial charge on any atom is -0.396 e. The molecule has 0 saturated heterocycles. The first-order valence-corrected chi connectivity index (χ1v) is 6.75. The SMILES string of the molecule is Nc1c(Cl)cccc1NCCSCCCO. The van der Waals surface area contributed by atoms with Crippen LogP contribution in [0.4, 0.5) is 11.4 Å². The summed E-state index contributed by atoms with van der Waals surface area (Å²) in [5.74, 6) is 1.98. The summed E-state index contributed by atoms with van der Waals surface area (Å²) in [7, 11) is 0. The molecule has 0 aliphatic carbocycles. The number of anilines is 2. The van der Waals surface area contributed by atoms with Gasteiger partial charge in [-0.15, -0.1) is 0 Å². The lowest BCUT2D eigenvalue weighted by Crippen LogP contribution is -2.07. The Kier molecular flexibility index (Phi) is 6.45. The van der Waals surface area contributed by atoms with Gasteiger partial charge in [-0.3, -0.25) is 0 Å². The summed E-state index contributed by atoms with van der Waals surface area (Å²) < 4.78 is 0. The fourth-order valence-corrected chi connectivity index (χ4v) is 2.18. The first-order valence-electron chi connectivity index (χ1n) is 5.22. The number of aliphatic hydroxyl groups excluding tert-OH is 1. The number of benzene rings is 1. The summed E-state index contributed by atoms with van der Waals surface area (Å²) in [6.45, 7) is 1.11. The molecule has 4 N–H and O–H groups in total. The molecule has 0 aliphatic rings. The Morgan fingerprint density at radius 2 is 2.19 bits per heavy atom. The number of aliphatic hydroxyl groups is 1. The minimum absolute atomic E-state index is 0.266. The summed E-state index contributed by atoms with van der Waals surface area (Å²) in [5.41, 5.74) is 7.30. The lowest BCUT2D eigenvalue weighted by Gasteiger charge is -2.09. The number of hydrogen-bond donors (Lipinski definition) is 3. The van der Waals surface area contributed by atoms with E-state index in [0.29, 0.717) is 10.7 Å². The van der Waals surface area contributed by atoms with Gasteiger partial charge in [-0.25, -0.2) is 0 Å². The van der Waals surface area contributed by atoms with E-state index < -0.39 is 0 Å². The first kappa shape index (κ1) is 13.5. The molecule has 0 aromatic heterocycles. The zero-order valence-electron chi connectivity index (χ0n) is 9.08. The number of halogens is 1. The van der Waals surface area contributed by atoms with E-state index in [1.54, 1.807) is 6.07 Å². The average molecular weight is 261 g/mol. The molecule has 16 heavy (non-hydrogen) atoms. The second-order valence-electron chi connectivity index (χ2n) is 3.32. The Morgan fingerprint density at radius 1 is 1.38 bits per heavy atom. The second kappa shape index (κ2) is 7.65. The largest absolute Gasteiger partial charge is 0.396 e. The van der Waals surface area contributed by atoms with Crippen LogP contribution in [0.2, 0.25) is 5.02 Å². The highest BCUT2D eigenvalue weighted by atomic mass is 35.5. The summed E-state index contributed by atoms with van der Waals surface area (Å²) in [6, 6.07) is 5.57. The molecule has 0 saturated carbocycles. The van der Waals surface area contributed by atoms with Crippen molar-refractivity contribution >= 4 is 34.7 Å². The van der Waals surface area contributed by atoms with Crippen LogP contribution in [0, 0.1) is 0 Å². The zero-order valence-corrected chi connectivity index (χ0v) is 10.7. The maximum absolute atomic E-state index is 8.61. The average Bonchev–Trinajstić information content (AvgIpc) is 2.29. The fourth-order valence-electron chi connectivity index (χ4n) is 1.22. The molecule has 3 nitrogen and oxygen atoms in total. The topological polar surface area (TPSA) is 58.3 Å². The molecular formula is C11H17ClN2OS. The molecule has 1 aromatic carbocycles. The van der Waals surface area contributed by atoms with E-state index in [0.717, 1.165) is 30.2 Å². The third kappa shape index (κ3) is 4.51. The molecule has 0 bridgehead atoms. The van der Waals surface area contributed by atoms with E-state index >= 15 is 0 Å². The number of thioether (sulfide) groups is 1. The highest BCUT2D eigenvalue weighted by Gasteiger charge is 2.01. The van der Waals surface area contributed by atoms with Crippen molar-refractivity contribution in [1.29, 1.82) is 0 Å². The number of rotatable bonds is 7. The van der Waals surface area contributed by atoms with Crippen LogP contribution in [0.25, 0.3) is 0 Å². The Morgan fingerprint density at radius 3 is 2.94 bits per heavy atom. The molecule has 1 aromatic rings. The van der Waals surface area contributed by atoms with Gasteiger partial charge in [0.1, 0.15) is 0 Å². The summed E-state index contributed by atoms with van der Waals surface area (Å²) in [6.07, 6.45) is 0.851. The van der Waals surface area contributed by atoms with E-state index in [2.05, 4.69) is 5.32 Å². The first-order chi connectivity index (χ1) is 7.75. The van der Waals surface area contributed by atoms with E-state index in [1.165, 1.54) is 0 Å². The Bertz CT molecular complexity index is 323. The smallest absolute Gasteiger partial charge is 0.0739 e. The molecule has 0 unspecified atom stereocenters. The van der Waals surface area contributed by atoms with E-state index in [4.69, 9.17) is 22.4 Å². The van der Waals surface area contributed by atoms with Gasteiger partial charge in [-0.2, -0.15) is 11.8 Å². The molecule has 0 heterocycles. The summed E-state index contributed by atoms with van der Waals surface area (Å²) in [5, 5.41) is 12.4. The molecule has 0 atom stereocenters. The molecule has 0 aliphatic heterocycles. The standard InChI is InChI=1S/C11H17ClN2OS/c12-9-3-1-4-10(11(9)13)14-5-8-16-7-2-6-15/h1,3-4,14-15H,2,5-8,13H2. The van der Waals surface area contributed by atoms with Gasteiger partial charge in [-0.1, -0.05) is 17.7 Å². The van der Waals surface area contributed by atoms with Crippen molar-refractivity contribution < 1.29 is 5.11 Å². The van der Waals surface area contributed by atoms with Gasteiger partial charge in [-0.05, 0) is 24.3 Å². The Balaban J connectivity index is 2.24. The number of para-hydroxylation sites is 1. The molecule has 0 amide bonds. The monoisotopic (exact) mass is 260 g/mol. The predicted octanol–water partition coefficient (Wildman–Crippen LogP) is 2.45. The van der Waals surface area contributed by atoms with E-state index in [-0.39, 0.29) is 6.61 Å². The van der Waals surface area contributed by atoms with Gasteiger partial charge < -0.3 is 16.2 Å². The predicted molar refractivity (Wildman–Crippen MR) is 73.4 cm³/mol. The van der Waals surface area contributed by atoms with Gasteiger partial charge in [0, 0.05) is 18.9 Å². The van der Waals surface area contributed by atoms with Crippen LogP contribution in [0.3, 0.4) is 0 Å². The summed E-state index contributed by atoms with van der Waals surface area (Å²) >= 11 is 7.71. The van der Waals surface area contributed by atoms with Gasteiger partial charge >= 0.3 is 0 Å². The van der Waals surface area contributed by atoms with Crippen molar-refractivity contribution in [3.8, 4) is 0 Å². The molecule has 0 spiro atoms. The lowest BCUT2D eigenvalue weighted by molar-refractivity contribution is 0.296. The van der Waals surface area contributed by atoms with Gasteiger partial charge in [0.25, 0.3) is 0 Å². The number of nitrogen functional groups attached to an aromatic ring is 1. The molecule has 0 fully saturated rings. The third-order valence-electron chi connectivity index (χ3n) is 2.06. The number of nitrogens with two attached hydrogens (primary N) is 1. The lowest BCUT2D eigenvalue weighted by atomic mass is 10.2. The van der Waals surface area contributed by atoms with Crippen LogP contribution < -0.4 is 11.1 Å². The van der Waals surface area contributed by atoms with Gasteiger partial charge in [0.2, 0.25) is 0 Å². The maximum Gasteiger partial charge on any atom is 0.0739 e. The molecular weight excluding hydrogens is 244 g/mol. The van der Waals surface area contributed by atoms with Crippen LogP contribution in [-0.2, 0) is 0 Å². The number of hydrogen-bond acceptors (Lipinski definition) is 4. The third-order valence-corrected chi connectivity index (χ3v) is 3.46. The molecule has 1 rings (SSSR count). The Labute approximate surface area is 105 Å². The van der Waals surface area contributed by atoms with Crippen molar-refractivity contribution in [3.63, 3.8) is 0 Å². The van der Waals surface area contributed by atoms with E-state index in [1.807, 2.05) is 23.9 Å². The van der Waals surface area contributed by atoms with Crippen molar-refractivity contribution in [1.82, 2.24) is 0 Å². The van der Waals surface area contributed by atoms with Crippen LogP contribution in [0.5, 0.6) is 0 Å². The normalized spacial score (nSPS) is 10.4. The fraction of sp³-hybridized carbons (Fsp3) is 0.455. The van der Waals surface area contributed by atoms with Crippen LogP contribution in [0.15, 0.2) is 18.2 Å².